The van der Waals surface area contributed by atoms with Crippen molar-refractivity contribution in [2.75, 3.05) is 6.61 Å². The number of ether oxygens (including phenoxy) is 1. The summed E-state index contributed by atoms with van der Waals surface area (Å²) in [5, 5.41) is 4.65. The van der Waals surface area contributed by atoms with Crippen molar-refractivity contribution in [2.24, 2.45) is 5.10 Å². The van der Waals surface area contributed by atoms with Gasteiger partial charge >= 0.3 is 0 Å². The van der Waals surface area contributed by atoms with E-state index >= 15 is 0 Å². The van der Waals surface area contributed by atoms with Crippen LogP contribution in [0.5, 0.6) is 5.75 Å². The minimum absolute atomic E-state index is 0.105. The van der Waals surface area contributed by atoms with Gasteiger partial charge in [-0.05, 0) is 54.7 Å². The molecule has 0 unspecified atom stereocenters. The number of hydrogen-bond acceptors (Lipinski definition) is 3. The summed E-state index contributed by atoms with van der Waals surface area (Å²) < 4.78 is 5.47. The summed E-state index contributed by atoms with van der Waals surface area (Å²) in [4.78, 5) is 11.8. The van der Waals surface area contributed by atoms with Gasteiger partial charge in [0.15, 0.2) is 6.61 Å². The van der Waals surface area contributed by atoms with Crippen LogP contribution in [0.3, 0.4) is 0 Å². The number of amides is 1. The van der Waals surface area contributed by atoms with Gasteiger partial charge in [-0.25, -0.2) is 5.43 Å². The van der Waals surface area contributed by atoms with E-state index in [-0.39, 0.29) is 12.5 Å². The Bertz CT molecular complexity index is 717. The zero-order valence-corrected chi connectivity index (χ0v) is 14.9. The lowest BCUT2D eigenvalue weighted by Crippen LogP contribution is -2.24. The summed E-state index contributed by atoms with van der Waals surface area (Å²) in [6.07, 6.45) is 2.60. The second-order valence-corrected chi connectivity index (χ2v) is 5.93. The van der Waals surface area contributed by atoms with Crippen LogP contribution >= 0.6 is 11.6 Å². The molecule has 1 N–H and O–H groups in total. The van der Waals surface area contributed by atoms with Gasteiger partial charge in [0.1, 0.15) is 5.75 Å². The predicted molar refractivity (Wildman–Crippen MR) is 98.0 cm³/mol. The Balaban J connectivity index is 1.83. The summed E-state index contributed by atoms with van der Waals surface area (Å²) in [6, 6.07) is 11.6. The van der Waals surface area contributed by atoms with E-state index in [9.17, 15) is 4.79 Å². The molecule has 2 aromatic carbocycles. The van der Waals surface area contributed by atoms with Crippen molar-refractivity contribution >= 4 is 23.7 Å². The van der Waals surface area contributed by atoms with Crippen LogP contribution in [-0.4, -0.2) is 18.7 Å². The highest BCUT2D eigenvalue weighted by atomic mass is 35.5. The van der Waals surface area contributed by atoms with E-state index in [1.807, 2.05) is 38.1 Å². The normalized spacial score (nSPS) is 10.8. The Kier molecular flexibility index (Phi) is 6.38. The summed E-state index contributed by atoms with van der Waals surface area (Å²) in [7, 11) is 0. The van der Waals surface area contributed by atoms with E-state index < -0.39 is 0 Å². The minimum atomic E-state index is -0.318. The first-order valence-electron chi connectivity index (χ1n) is 7.80. The van der Waals surface area contributed by atoms with Crippen LogP contribution < -0.4 is 10.2 Å². The molecule has 0 heterocycles. The van der Waals surface area contributed by atoms with E-state index in [0.717, 1.165) is 23.1 Å². The van der Waals surface area contributed by atoms with Crippen molar-refractivity contribution in [3.63, 3.8) is 0 Å². The molecule has 0 aliphatic heterocycles. The number of hydrazone groups is 1. The van der Waals surface area contributed by atoms with Crippen LogP contribution in [0, 0.1) is 13.8 Å². The Morgan fingerprint density at radius 1 is 1.21 bits per heavy atom. The Labute approximate surface area is 147 Å². The fourth-order valence-corrected chi connectivity index (χ4v) is 2.30. The monoisotopic (exact) mass is 344 g/mol. The highest BCUT2D eigenvalue weighted by Crippen LogP contribution is 2.25. The van der Waals surface area contributed by atoms with Crippen molar-refractivity contribution < 1.29 is 9.53 Å². The Morgan fingerprint density at radius 3 is 2.42 bits per heavy atom. The van der Waals surface area contributed by atoms with E-state index in [0.29, 0.717) is 10.8 Å². The third kappa shape index (κ3) is 5.10. The molecule has 0 aromatic heterocycles. The molecule has 2 aromatic rings. The SMILES string of the molecule is CCc1ccc(/C=N/NC(=O)COc2cc(C)c(Cl)c(C)c2)cc1. The van der Waals surface area contributed by atoms with E-state index in [1.54, 1.807) is 18.3 Å². The number of hydrogen-bond donors (Lipinski definition) is 1. The predicted octanol–water partition coefficient (Wildman–Crippen LogP) is 4.05. The molecule has 0 saturated heterocycles. The highest BCUT2D eigenvalue weighted by molar-refractivity contribution is 6.32. The lowest BCUT2D eigenvalue weighted by molar-refractivity contribution is -0.123. The van der Waals surface area contributed by atoms with Gasteiger partial charge in [0.25, 0.3) is 5.91 Å². The van der Waals surface area contributed by atoms with Crippen LogP contribution in [0.15, 0.2) is 41.5 Å². The second-order valence-electron chi connectivity index (χ2n) is 5.55. The number of carbonyl (C=O) groups excluding carboxylic acids is 1. The molecule has 5 heteroatoms. The van der Waals surface area contributed by atoms with Crippen LogP contribution in [0.2, 0.25) is 5.02 Å². The smallest absolute Gasteiger partial charge is 0.277 e. The first kappa shape index (κ1) is 18.0. The minimum Gasteiger partial charge on any atom is -0.484 e. The van der Waals surface area contributed by atoms with E-state index in [4.69, 9.17) is 16.3 Å². The van der Waals surface area contributed by atoms with Crippen molar-refractivity contribution in [3.05, 3.63) is 63.7 Å². The molecule has 1 amide bonds. The number of halogens is 1. The number of nitrogens with one attached hydrogen (secondary N) is 1. The van der Waals surface area contributed by atoms with Gasteiger partial charge in [-0.2, -0.15) is 5.10 Å². The molecule has 0 aliphatic rings. The van der Waals surface area contributed by atoms with Crippen LogP contribution in [0.25, 0.3) is 0 Å². The maximum absolute atomic E-state index is 11.8. The zero-order chi connectivity index (χ0) is 17.5. The summed E-state index contributed by atoms with van der Waals surface area (Å²) in [5.74, 6) is 0.297. The quantitative estimate of drug-likeness (QED) is 0.635. The first-order chi connectivity index (χ1) is 11.5. The second kappa shape index (κ2) is 8.50. The number of rotatable bonds is 6. The van der Waals surface area contributed by atoms with Gasteiger partial charge < -0.3 is 4.74 Å². The van der Waals surface area contributed by atoms with Gasteiger partial charge in [0, 0.05) is 5.02 Å². The van der Waals surface area contributed by atoms with Gasteiger partial charge in [-0.15, -0.1) is 0 Å². The molecule has 0 atom stereocenters. The lowest BCUT2D eigenvalue weighted by atomic mass is 10.1. The summed E-state index contributed by atoms with van der Waals surface area (Å²) in [5.41, 5.74) is 6.47. The Hall–Kier alpha value is -2.33. The number of nitrogens with zero attached hydrogens (tertiary/aromatic N) is 1. The maximum atomic E-state index is 11.8. The fraction of sp³-hybridized carbons (Fsp3) is 0.263. The molecule has 0 spiro atoms. The molecule has 24 heavy (non-hydrogen) atoms. The Morgan fingerprint density at radius 2 is 1.83 bits per heavy atom. The van der Waals surface area contributed by atoms with Crippen molar-refractivity contribution in [1.29, 1.82) is 0 Å². The highest BCUT2D eigenvalue weighted by Gasteiger charge is 2.06. The van der Waals surface area contributed by atoms with Crippen molar-refractivity contribution in [3.8, 4) is 5.75 Å². The summed E-state index contributed by atoms with van der Waals surface area (Å²) in [6.45, 7) is 5.80. The lowest BCUT2D eigenvalue weighted by Gasteiger charge is -2.09. The number of aryl methyl sites for hydroxylation is 3. The van der Waals surface area contributed by atoms with E-state index in [2.05, 4.69) is 17.5 Å². The molecule has 0 fully saturated rings. The van der Waals surface area contributed by atoms with Gasteiger partial charge in [-0.1, -0.05) is 42.8 Å². The molecule has 0 bridgehead atoms. The molecular formula is C19H21ClN2O2. The first-order valence-corrected chi connectivity index (χ1v) is 8.17. The maximum Gasteiger partial charge on any atom is 0.277 e. The largest absolute Gasteiger partial charge is 0.484 e. The molecule has 2 rings (SSSR count). The van der Waals surface area contributed by atoms with Crippen LogP contribution in [0.4, 0.5) is 0 Å². The topological polar surface area (TPSA) is 50.7 Å². The molecule has 0 aliphatic carbocycles. The molecule has 0 radical (unpaired) electrons. The van der Waals surface area contributed by atoms with E-state index in [1.165, 1.54) is 5.56 Å². The molecule has 126 valence electrons. The van der Waals surface area contributed by atoms with Crippen LogP contribution in [-0.2, 0) is 11.2 Å². The average molecular weight is 345 g/mol. The van der Waals surface area contributed by atoms with Crippen molar-refractivity contribution in [1.82, 2.24) is 5.43 Å². The van der Waals surface area contributed by atoms with Crippen LogP contribution in [0.1, 0.15) is 29.2 Å². The van der Waals surface area contributed by atoms with Gasteiger partial charge in [-0.3, -0.25) is 4.79 Å². The summed E-state index contributed by atoms with van der Waals surface area (Å²) >= 11 is 6.10. The number of benzene rings is 2. The molecular weight excluding hydrogens is 324 g/mol. The third-order valence-corrected chi connectivity index (χ3v) is 4.17. The third-order valence-electron chi connectivity index (χ3n) is 3.57. The average Bonchev–Trinajstić information content (AvgIpc) is 2.58. The van der Waals surface area contributed by atoms with Crippen molar-refractivity contribution in [2.45, 2.75) is 27.2 Å². The fourth-order valence-electron chi connectivity index (χ4n) is 2.19. The van der Waals surface area contributed by atoms with Gasteiger partial charge in [0.05, 0.1) is 6.21 Å². The zero-order valence-electron chi connectivity index (χ0n) is 14.1. The number of carbonyl (C=O) groups is 1. The molecule has 4 nitrogen and oxygen atoms in total. The standard InChI is InChI=1S/C19H21ClN2O2/c1-4-15-5-7-16(8-6-15)11-21-22-18(23)12-24-17-9-13(2)19(20)14(3)10-17/h5-11H,4,12H2,1-3H3,(H,22,23)/b21-11+. The molecule has 0 saturated carbocycles. The van der Waals surface area contributed by atoms with Gasteiger partial charge in [0.2, 0.25) is 0 Å².